The van der Waals surface area contributed by atoms with Crippen LogP contribution in [0.4, 0.5) is 4.79 Å². The summed E-state index contributed by atoms with van der Waals surface area (Å²) in [5.74, 6) is 0. The molecule has 0 heterocycles. The zero-order valence-corrected chi connectivity index (χ0v) is 9.39. The van der Waals surface area contributed by atoms with Gasteiger partial charge in [-0.25, -0.2) is 0 Å². The number of benzene rings is 2. The minimum atomic E-state index is -2.02. The van der Waals surface area contributed by atoms with Crippen LogP contribution in [0.15, 0.2) is 60.7 Å². The molecule has 0 saturated carbocycles. The number of hydrogen-bond donors (Lipinski definition) is 1. The molecule has 0 aromatic heterocycles. The van der Waals surface area contributed by atoms with Gasteiger partial charge in [-0.3, -0.25) is 10.1 Å². The van der Waals surface area contributed by atoms with Crippen LogP contribution >= 0.6 is 0 Å². The highest BCUT2D eigenvalue weighted by molar-refractivity contribution is 5.62. The first-order valence-corrected chi connectivity index (χ1v) is 5.09. The molecule has 1 amide bonds. The molecular formula is C13H11NO4. The molecule has 5 nitrogen and oxygen atoms in total. The van der Waals surface area contributed by atoms with Gasteiger partial charge in [-0.05, 0) is 11.1 Å². The van der Waals surface area contributed by atoms with Crippen molar-refractivity contribution in [3.05, 3.63) is 70.8 Å². The van der Waals surface area contributed by atoms with Gasteiger partial charge >= 0.3 is 6.09 Å². The molecular weight excluding hydrogens is 234 g/mol. The maximum atomic E-state index is 9.00. The first-order valence-electron chi connectivity index (χ1n) is 5.09. The zero-order chi connectivity index (χ0) is 13.4. The number of carboxylic acid groups (broad SMARTS) is 1. The maximum Gasteiger partial charge on any atom is 0.654 e. The summed E-state index contributed by atoms with van der Waals surface area (Å²) in [6.07, 6.45) is -2.02. The van der Waals surface area contributed by atoms with E-state index in [-0.39, 0.29) is 0 Å². The van der Waals surface area contributed by atoms with Crippen LogP contribution < -0.4 is 0 Å². The van der Waals surface area contributed by atoms with E-state index in [0.717, 1.165) is 0 Å². The van der Waals surface area contributed by atoms with Crippen molar-refractivity contribution in [2.45, 2.75) is 0 Å². The summed E-state index contributed by atoms with van der Waals surface area (Å²) in [6.45, 7) is 0. The monoisotopic (exact) mass is 245 g/mol. The zero-order valence-electron chi connectivity index (χ0n) is 9.39. The Morgan fingerprint density at radius 1 is 0.889 bits per heavy atom. The molecule has 1 N–H and O–H groups in total. The van der Waals surface area contributed by atoms with E-state index in [2.05, 4.69) is 48.5 Å². The Labute approximate surface area is 103 Å². The largest absolute Gasteiger partial charge is 0.654 e. The van der Waals surface area contributed by atoms with Gasteiger partial charge in [0.05, 0.1) is 0 Å². The quantitative estimate of drug-likeness (QED) is 0.617. The molecule has 0 saturated heterocycles. The fraction of sp³-hybridized carbons (Fsp3) is 0. The summed E-state index contributed by atoms with van der Waals surface area (Å²) in [6, 6.07) is 20.8. The van der Waals surface area contributed by atoms with Gasteiger partial charge in [0, 0.05) is 0 Å². The smallest absolute Gasteiger partial charge is 0.423 e. The van der Waals surface area contributed by atoms with Crippen LogP contribution in [0.2, 0.25) is 0 Å². The Kier molecular flexibility index (Phi) is 5.05. The topological polar surface area (TPSA) is 80.4 Å². The van der Waals surface area contributed by atoms with E-state index in [1.807, 2.05) is 12.1 Å². The van der Waals surface area contributed by atoms with E-state index >= 15 is 0 Å². The van der Waals surface area contributed by atoms with Crippen LogP contribution in [0.5, 0.6) is 0 Å². The second kappa shape index (κ2) is 6.80. The molecule has 0 aliphatic heterocycles. The summed E-state index contributed by atoms with van der Waals surface area (Å²) >= 11 is 0. The van der Waals surface area contributed by atoms with E-state index in [4.69, 9.17) is 20.0 Å². The SMILES string of the molecule is O=C(O)[N+](=O)[O-].c1ccc(-c2ccccc2)cc1. The lowest BCUT2D eigenvalue weighted by molar-refractivity contribution is -0.392. The van der Waals surface area contributed by atoms with E-state index < -0.39 is 11.0 Å². The number of carbonyl (C=O) groups is 1. The summed E-state index contributed by atoms with van der Waals surface area (Å²) in [5, 5.41) is 16.2. The van der Waals surface area contributed by atoms with Gasteiger partial charge in [0.1, 0.15) is 4.92 Å². The highest BCUT2D eigenvalue weighted by Gasteiger charge is 2.07. The molecule has 18 heavy (non-hydrogen) atoms. The van der Waals surface area contributed by atoms with Gasteiger partial charge in [-0.2, -0.15) is 4.79 Å². The molecule has 2 rings (SSSR count). The number of rotatable bonds is 1. The molecule has 0 aliphatic rings. The molecule has 2 aromatic rings. The van der Waals surface area contributed by atoms with Crippen molar-refractivity contribution in [3.8, 4) is 11.1 Å². The van der Waals surface area contributed by atoms with Gasteiger partial charge in [-0.1, -0.05) is 60.7 Å². The summed E-state index contributed by atoms with van der Waals surface area (Å²) in [4.78, 5) is 16.5. The lowest BCUT2D eigenvalue weighted by atomic mass is 10.1. The predicted molar refractivity (Wildman–Crippen MR) is 66.9 cm³/mol. The molecule has 0 unspecified atom stereocenters. The molecule has 92 valence electrons. The van der Waals surface area contributed by atoms with Crippen LogP contribution in [0.3, 0.4) is 0 Å². The second-order valence-electron chi connectivity index (χ2n) is 3.27. The standard InChI is InChI=1S/C12H10.CHNO4/c1-3-7-11(8-4-1)12-9-5-2-6-10-12;3-1(4)2(5)6/h1-10H;(H,3,4). The first-order chi connectivity index (χ1) is 8.61. The average Bonchev–Trinajstić information content (AvgIpc) is 2.41. The third-order valence-electron chi connectivity index (χ3n) is 2.04. The highest BCUT2D eigenvalue weighted by atomic mass is 16.7. The summed E-state index contributed by atoms with van der Waals surface area (Å²) < 4.78 is 0. The number of nitro groups is 1. The Balaban J connectivity index is 0.000000232. The highest BCUT2D eigenvalue weighted by Crippen LogP contribution is 2.17. The second-order valence-corrected chi connectivity index (χ2v) is 3.27. The number of nitrogens with zero attached hydrogens (tertiary/aromatic N) is 1. The minimum Gasteiger partial charge on any atom is -0.423 e. The van der Waals surface area contributed by atoms with Crippen molar-refractivity contribution in [2.75, 3.05) is 0 Å². The lowest BCUT2D eigenvalue weighted by Gasteiger charge is -1.98. The molecule has 0 atom stereocenters. The molecule has 0 radical (unpaired) electrons. The van der Waals surface area contributed by atoms with Gasteiger partial charge < -0.3 is 5.11 Å². The van der Waals surface area contributed by atoms with Gasteiger partial charge in [0.25, 0.3) is 0 Å². The Morgan fingerprint density at radius 2 is 1.17 bits per heavy atom. The first kappa shape index (κ1) is 13.4. The fourth-order valence-corrected chi connectivity index (χ4v) is 1.26. The third kappa shape index (κ3) is 4.44. The van der Waals surface area contributed by atoms with Crippen molar-refractivity contribution >= 4 is 6.09 Å². The van der Waals surface area contributed by atoms with Crippen LogP contribution in [-0.4, -0.2) is 16.1 Å². The molecule has 5 heteroatoms. The molecule has 0 fully saturated rings. The van der Waals surface area contributed by atoms with E-state index in [1.54, 1.807) is 0 Å². The van der Waals surface area contributed by atoms with E-state index in [0.29, 0.717) is 0 Å². The van der Waals surface area contributed by atoms with Crippen molar-refractivity contribution in [3.63, 3.8) is 0 Å². The van der Waals surface area contributed by atoms with Crippen molar-refractivity contribution in [1.29, 1.82) is 0 Å². The Hall–Kier alpha value is -2.69. The fourth-order valence-electron chi connectivity index (χ4n) is 1.26. The Bertz CT molecular complexity index is 462. The van der Waals surface area contributed by atoms with Crippen molar-refractivity contribution in [1.82, 2.24) is 0 Å². The molecule has 0 bridgehead atoms. The van der Waals surface area contributed by atoms with Crippen LogP contribution in [0.1, 0.15) is 0 Å². The summed E-state index contributed by atoms with van der Waals surface area (Å²) in [7, 11) is 0. The number of hydrogen-bond acceptors (Lipinski definition) is 3. The summed E-state index contributed by atoms with van der Waals surface area (Å²) in [5.41, 5.74) is 2.55. The minimum absolute atomic E-state index is 1.28. The molecule has 0 spiro atoms. The lowest BCUT2D eigenvalue weighted by Crippen LogP contribution is -2.05. The predicted octanol–water partition coefficient (Wildman–Crippen LogP) is 3.29. The molecule has 0 aliphatic carbocycles. The van der Waals surface area contributed by atoms with Crippen molar-refractivity contribution in [2.24, 2.45) is 0 Å². The van der Waals surface area contributed by atoms with Crippen LogP contribution in [-0.2, 0) is 0 Å². The third-order valence-corrected chi connectivity index (χ3v) is 2.04. The molecule has 2 aromatic carbocycles. The van der Waals surface area contributed by atoms with Crippen molar-refractivity contribution < 1.29 is 14.8 Å². The van der Waals surface area contributed by atoms with E-state index in [1.165, 1.54) is 11.1 Å². The van der Waals surface area contributed by atoms with Gasteiger partial charge in [-0.15, -0.1) is 0 Å². The van der Waals surface area contributed by atoms with E-state index in [9.17, 15) is 0 Å². The maximum absolute atomic E-state index is 9.00. The normalized spacial score (nSPS) is 8.89. The average molecular weight is 245 g/mol. The van der Waals surface area contributed by atoms with Gasteiger partial charge in [0.2, 0.25) is 0 Å². The number of amides is 1. The van der Waals surface area contributed by atoms with Gasteiger partial charge in [0.15, 0.2) is 0 Å². The Morgan fingerprint density at radius 3 is 1.39 bits per heavy atom. The van der Waals surface area contributed by atoms with Crippen LogP contribution in [0.25, 0.3) is 11.1 Å². The van der Waals surface area contributed by atoms with Crippen LogP contribution in [0, 0.1) is 10.1 Å².